The van der Waals surface area contributed by atoms with Gasteiger partial charge in [0.2, 0.25) is 5.91 Å². The number of nitrogens with one attached hydrogen (secondary N) is 3. The summed E-state index contributed by atoms with van der Waals surface area (Å²) in [5, 5.41) is 8.60. The highest BCUT2D eigenvalue weighted by molar-refractivity contribution is 7.80. The van der Waals surface area contributed by atoms with Crippen LogP contribution in [0.2, 0.25) is 0 Å². The van der Waals surface area contributed by atoms with Crippen molar-refractivity contribution in [3.63, 3.8) is 0 Å². The SMILES string of the molecule is CCOc1cccc(C(=O)NC(=S)Nc2ccc(C)c(NC(=O)CC)c2)c1. The van der Waals surface area contributed by atoms with Crippen molar-refractivity contribution in [1.29, 1.82) is 0 Å². The van der Waals surface area contributed by atoms with E-state index in [2.05, 4.69) is 16.0 Å². The molecule has 0 aliphatic carbocycles. The van der Waals surface area contributed by atoms with E-state index < -0.39 is 0 Å². The van der Waals surface area contributed by atoms with Gasteiger partial charge in [-0.15, -0.1) is 0 Å². The molecule has 2 amide bonds. The lowest BCUT2D eigenvalue weighted by Gasteiger charge is -2.13. The molecule has 7 heteroatoms. The maximum atomic E-state index is 12.4. The lowest BCUT2D eigenvalue weighted by atomic mass is 10.1. The average molecular weight is 385 g/mol. The first-order valence-electron chi connectivity index (χ1n) is 8.68. The molecule has 0 saturated carbocycles. The lowest BCUT2D eigenvalue weighted by molar-refractivity contribution is -0.115. The summed E-state index contributed by atoms with van der Waals surface area (Å²) in [5.41, 5.74) is 2.75. The Morgan fingerprint density at radius 2 is 1.85 bits per heavy atom. The molecule has 0 aromatic heterocycles. The number of carbonyl (C=O) groups is 2. The zero-order valence-corrected chi connectivity index (χ0v) is 16.4. The predicted molar refractivity (Wildman–Crippen MR) is 111 cm³/mol. The van der Waals surface area contributed by atoms with Gasteiger partial charge in [0.05, 0.1) is 6.61 Å². The van der Waals surface area contributed by atoms with Crippen LogP contribution in [0.15, 0.2) is 42.5 Å². The van der Waals surface area contributed by atoms with E-state index in [-0.39, 0.29) is 16.9 Å². The first-order valence-corrected chi connectivity index (χ1v) is 9.09. The molecule has 2 aromatic carbocycles. The fourth-order valence-electron chi connectivity index (χ4n) is 2.30. The van der Waals surface area contributed by atoms with Crippen LogP contribution in [0.1, 0.15) is 36.2 Å². The smallest absolute Gasteiger partial charge is 0.257 e. The van der Waals surface area contributed by atoms with Crippen molar-refractivity contribution in [2.75, 3.05) is 17.2 Å². The summed E-state index contributed by atoms with van der Waals surface area (Å²) in [6.07, 6.45) is 0.395. The van der Waals surface area contributed by atoms with Gasteiger partial charge in [0, 0.05) is 23.4 Å². The van der Waals surface area contributed by atoms with Gasteiger partial charge in [-0.25, -0.2) is 0 Å². The van der Waals surface area contributed by atoms with E-state index in [1.165, 1.54) is 0 Å². The molecule has 3 N–H and O–H groups in total. The quantitative estimate of drug-likeness (QED) is 0.658. The Morgan fingerprint density at radius 3 is 2.56 bits per heavy atom. The van der Waals surface area contributed by atoms with E-state index in [0.29, 0.717) is 35.7 Å². The highest BCUT2D eigenvalue weighted by Gasteiger charge is 2.10. The molecule has 0 unspecified atom stereocenters. The second-order valence-electron chi connectivity index (χ2n) is 5.80. The van der Waals surface area contributed by atoms with Gasteiger partial charge in [0.25, 0.3) is 5.91 Å². The Kier molecular flexibility index (Phi) is 7.31. The van der Waals surface area contributed by atoms with Crippen LogP contribution in [0.4, 0.5) is 11.4 Å². The number of hydrogen-bond acceptors (Lipinski definition) is 4. The second-order valence-corrected chi connectivity index (χ2v) is 6.21. The molecular weight excluding hydrogens is 362 g/mol. The first kappa shape index (κ1) is 20.4. The van der Waals surface area contributed by atoms with E-state index in [0.717, 1.165) is 5.56 Å². The summed E-state index contributed by atoms with van der Waals surface area (Å²) in [6, 6.07) is 12.3. The largest absolute Gasteiger partial charge is 0.494 e. The van der Waals surface area contributed by atoms with Crippen LogP contribution in [0.5, 0.6) is 5.75 Å². The van der Waals surface area contributed by atoms with Crippen molar-refractivity contribution >= 4 is 40.5 Å². The summed E-state index contributed by atoms with van der Waals surface area (Å²) in [7, 11) is 0. The summed E-state index contributed by atoms with van der Waals surface area (Å²) in [5.74, 6) is 0.222. The van der Waals surface area contributed by atoms with Crippen molar-refractivity contribution < 1.29 is 14.3 Å². The van der Waals surface area contributed by atoms with Crippen molar-refractivity contribution in [1.82, 2.24) is 5.32 Å². The second kappa shape index (κ2) is 9.68. The van der Waals surface area contributed by atoms with Gasteiger partial charge in [0.1, 0.15) is 5.75 Å². The molecule has 0 atom stereocenters. The topological polar surface area (TPSA) is 79.5 Å². The molecule has 0 radical (unpaired) electrons. The van der Waals surface area contributed by atoms with Crippen LogP contribution in [-0.4, -0.2) is 23.5 Å². The number of rotatable bonds is 6. The van der Waals surface area contributed by atoms with Gasteiger partial charge >= 0.3 is 0 Å². The number of aryl methyl sites for hydroxylation is 1. The molecule has 0 aliphatic rings. The number of carbonyl (C=O) groups excluding carboxylic acids is 2. The van der Waals surface area contributed by atoms with E-state index in [9.17, 15) is 9.59 Å². The van der Waals surface area contributed by atoms with Crippen molar-refractivity contribution in [2.45, 2.75) is 27.2 Å². The minimum absolute atomic E-state index is 0.0692. The van der Waals surface area contributed by atoms with Crippen LogP contribution < -0.4 is 20.7 Å². The zero-order chi connectivity index (χ0) is 19.8. The molecule has 0 fully saturated rings. The molecule has 0 heterocycles. The Hall–Kier alpha value is -2.93. The first-order chi connectivity index (χ1) is 12.9. The van der Waals surface area contributed by atoms with Crippen LogP contribution in [-0.2, 0) is 4.79 Å². The molecule has 0 spiro atoms. The number of thiocarbonyl (C=S) groups is 1. The summed E-state index contributed by atoms with van der Waals surface area (Å²) in [6.45, 7) is 6.10. The van der Waals surface area contributed by atoms with Crippen LogP contribution in [0, 0.1) is 6.92 Å². The minimum Gasteiger partial charge on any atom is -0.494 e. The maximum absolute atomic E-state index is 12.4. The Morgan fingerprint density at radius 1 is 1.07 bits per heavy atom. The fraction of sp³-hybridized carbons (Fsp3) is 0.250. The van der Waals surface area contributed by atoms with Crippen LogP contribution in [0.3, 0.4) is 0 Å². The monoisotopic (exact) mass is 385 g/mol. The molecule has 2 rings (SSSR count). The van der Waals surface area contributed by atoms with Gasteiger partial charge in [-0.1, -0.05) is 19.1 Å². The molecular formula is C20H23N3O3S. The third-order valence-corrected chi connectivity index (χ3v) is 3.93. The minimum atomic E-state index is -0.333. The van der Waals surface area contributed by atoms with E-state index in [1.807, 2.05) is 26.0 Å². The number of ether oxygens (including phenoxy) is 1. The number of benzene rings is 2. The van der Waals surface area contributed by atoms with Gasteiger partial charge in [-0.3, -0.25) is 14.9 Å². The van der Waals surface area contributed by atoms with Gasteiger partial charge in [0.15, 0.2) is 5.11 Å². The van der Waals surface area contributed by atoms with E-state index in [1.54, 1.807) is 37.3 Å². The third kappa shape index (κ3) is 6.07. The fourth-order valence-corrected chi connectivity index (χ4v) is 2.51. The summed E-state index contributed by atoms with van der Waals surface area (Å²) in [4.78, 5) is 24.0. The van der Waals surface area contributed by atoms with Crippen molar-refractivity contribution in [2.24, 2.45) is 0 Å². The maximum Gasteiger partial charge on any atom is 0.257 e. The van der Waals surface area contributed by atoms with Crippen molar-refractivity contribution in [3.05, 3.63) is 53.6 Å². The van der Waals surface area contributed by atoms with Crippen molar-refractivity contribution in [3.8, 4) is 5.75 Å². The average Bonchev–Trinajstić information content (AvgIpc) is 2.64. The molecule has 0 bridgehead atoms. The third-order valence-electron chi connectivity index (χ3n) is 3.72. The van der Waals surface area contributed by atoms with Crippen LogP contribution in [0.25, 0.3) is 0 Å². The highest BCUT2D eigenvalue weighted by atomic mass is 32.1. The lowest BCUT2D eigenvalue weighted by Crippen LogP contribution is -2.34. The number of hydrogen-bond donors (Lipinski definition) is 3. The van der Waals surface area contributed by atoms with Gasteiger partial charge in [-0.05, 0) is 62.0 Å². The van der Waals surface area contributed by atoms with E-state index >= 15 is 0 Å². The zero-order valence-electron chi connectivity index (χ0n) is 15.6. The molecule has 0 saturated heterocycles. The standard InChI is InChI=1S/C20H23N3O3S/c1-4-18(24)22-17-12-15(10-9-13(17)3)21-20(27)23-19(25)14-7-6-8-16(11-14)26-5-2/h6-12H,4-5H2,1-3H3,(H,22,24)(H2,21,23,25,27). The van der Waals surface area contributed by atoms with E-state index in [4.69, 9.17) is 17.0 Å². The predicted octanol–water partition coefficient (Wildman–Crippen LogP) is 3.87. The van der Waals surface area contributed by atoms with Crippen LogP contribution >= 0.6 is 12.2 Å². The Balaban J connectivity index is 2.03. The summed E-state index contributed by atoms with van der Waals surface area (Å²) >= 11 is 5.22. The molecule has 27 heavy (non-hydrogen) atoms. The van der Waals surface area contributed by atoms with Gasteiger partial charge < -0.3 is 15.4 Å². The molecule has 0 aliphatic heterocycles. The Labute approximate surface area is 164 Å². The summed E-state index contributed by atoms with van der Waals surface area (Å²) < 4.78 is 5.40. The molecule has 2 aromatic rings. The normalized spacial score (nSPS) is 10.0. The molecule has 142 valence electrons. The van der Waals surface area contributed by atoms with Gasteiger partial charge in [-0.2, -0.15) is 0 Å². The molecule has 6 nitrogen and oxygen atoms in total. The highest BCUT2D eigenvalue weighted by Crippen LogP contribution is 2.20. The number of amides is 2. The Bertz CT molecular complexity index is 852. The number of anilines is 2.